The third-order valence-electron chi connectivity index (χ3n) is 8.55. The number of ether oxygens (including phenoxy) is 1. The average Bonchev–Trinajstić information content (AvgIpc) is 3.47. The normalized spacial score (nSPS) is 14.5. The smallest absolute Gasteiger partial charge is 0.312 e. The number of halogens is 1. The summed E-state index contributed by atoms with van der Waals surface area (Å²) in [5.41, 5.74) is 4.37. The highest BCUT2D eigenvalue weighted by Crippen LogP contribution is 2.39. The molecule has 1 fully saturated rings. The van der Waals surface area contributed by atoms with E-state index < -0.39 is 5.41 Å². The summed E-state index contributed by atoms with van der Waals surface area (Å²) in [4.78, 5) is 35.3. The number of rotatable bonds is 7. The van der Waals surface area contributed by atoms with Crippen LogP contribution in [-0.4, -0.2) is 52.1 Å². The Kier molecular flexibility index (Phi) is 7.67. The number of esters is 1. The Labute approximate surface area is 249 Å². The van der Waals surface area contributed by atoms with E-state index in [2.05, 4.69) is 9.97 Å². The van der Waals surface area contributed by atoms with E-state index in [4.69, 9.17) is 4.74 Å². The SMILES string of the molecule is COC(=O)C1(Cc2ccccc2F)CCN(C(=O)Cc2ccc(-c3cccc(-c4cc5ccncc5[nH]4)c3O)cc2)CC1. The van der Waals surface area contributed by atoms with Crippen LogP contribution in [0, 0.1) is 11.2 Å². The highest BCUT2D eigenvalue weighted by Gasteiger charge is 2.43. The summed E-state index contributed by atoms with van der Waals surface area (Å²) in [5, 5.41) is 12.2. The van der Waals surface area contributed by atoms with Crippen LogP contribution in [0.2, 0.25) is 0 Å². The standard InChI is InChI=1S/C35H32FN3O4/c1-43-34(42)35(21-26-5-2-3-8-29(26)36)14-17-39(18-15-35)32(40)19-23-9-11-24(12-10-23)27-6-4-7-28(33(27)41)30-20-25-13-16-37-22-31(25)38-30/h2-13,16,20,22,38,41H,14-15,17-19,21H2,1H3. The van der Waals surface area contributed by atoms with E-state index >= 15 is 0 Å². The number of carbonyl (C=O) groups is 2. The number of aromatic amines is 1. The summed E-state index contributed by atoms with van der Waals surface area (Å²) < 4.78 is 19.5. The summed E-state index contributed by atoms with van der Waals surface area (Å²) in [6.07, 6.45) is 4.75. The lowest BCUT2D eigenvalue weighted by Gasteiger charge is -2.40. The minimum atomic E-state index is -0.865. The maximum Gasteiger partial charge on any atom is 0.312 e. The van der Waals surface area contributed by atoms with Gasteiger partial charge >= 0.3 is 5.97 Å². The fraction of sp³-hybridized carbons (Fsp3) is 0.229. The number of H-pyrrole nitrogens is 1. The number of methoxy groups -OCH3 is 1. The molecule has 3 aromatic carbocycles. The van der Waals surface area contributed by atoms with E-state index in [1.807, 2.05) is 54.6 Å². The number of hydrogen-bond acceptors (Lipinski definition) is 5. The highest BCUT2D eigenvalue weighted by atomic mass is 19.1. The average molecular weight is 578 g/mol. The van der Waals surface area contributed by atoms with Crippen molar-refractivity contribution in [3.8, 4) is 28.1 Å². The van der Waals surface area contributed by atoms with Crippen molar-refractivity contribution in [2.24, 2.45) is 5.41 Å². The fourth-order valence-electron chi connectivity index (χ4n) is 6.06. The number of phenolic OH excluding ortho intramolecular Hbond substituents is 1. The Morgan fingerprint density at radius 2 is 1.74 bits per heavy atom. The lowest BCUT2D eigenvalue weighted by molar-refractivity contribution is -0.157. The molecule has 1 saturated heterocycles. The van der Waals surface area contributed by atoms with Crippen LogP contribution in [0.25, 0.3) is 33.3 Å². The molecule has 0 radical (unpaired) electrons. The van der Waals surface area contributed by atoms with E-state index in [0.29, 0.717) is 42.6 Å². The summed E-state index contributed by atoms with van der Waals surface area (Å²) in [5.74, 6) is -0.575. The molecule has 1 amide bonds. The summed E-state index contributed by atoms with van der Waals surface area (Å²) >= 11 is 0. The monoisotopic (exact) mass is 577 g/mol. The molecule has 3 heterocycles. The maximum absolute atomic E-state index is 14.4. The van der Waals surface area contributed by atoms with Crippen molar-refractivity contribution in [3.63, 3.8) is 0 Å². The number of amides is 1. The van der Waals surface area contributed by atoms with Crippen molar-refractivity contribution in [2.45, 2.75) is 25.7 Å². The summed E-state index contributed by atoms with van der Waals surface area (Å²) in [6.45, 7) is 0.788. The Morgan fingerprint density at radius 1 is 1.00 bits per heavy atom. The van der Waals surface area contributed by atoms with E-state index in [-0.39, 0.29) is 36.3 Å². The number of likely N-dealkylation sites (tertiary alicyclic amines) is 1. The second-order valence-electron chi connectivity index (χ2n) is 11.1. The zero-order valence-corrected chi connectivity index (χ0v) is 23.8. The van der Waals surface area contributed by atoms with E-state index in [0.717, 1.165) is 27.7 Å². The van der Waals surface area contributed by atoms with Gasteiger partial charge in [0.1, 0.15) is 11.6 Å². The number of para-hydroxylation sites is 1. The van der Waals surface area contributed by atoms with Gasteiger partial charge in [-0.2, -0.15) is 0 Å². The van der Waals surface area contributed by atoms with Crippen molar-refractivity contribution >= 4 is 22.8 Å². The van der Waals surface area contributed by atoms with Gasteiger partial charge in [0.05, 0.1) is 36.4 Å². The zero-order chi connectivity index (χ0) is 30.0. The largest absolute Gasteiger partial charge is 0.507 e. The number of nitrogens with zero attached hydrogens (tertiary/aromatic N) is 2. The van der Waals surface area contributed by atoms with Crippen LogP contribution in [0.5, 0.6) is 5.75 Å². The van der Waals surface area contributed by atoms with Crippen molar-refractivity contribution in [1.82, 2.24) is 14.9 Å². The molecule has 0 atom stereocenters. The predicted octanol–water partition coefficient (Wildman–Crippen LogP) is 6.31. The van der Waals surface area contributed by atoms with Crippen LogP contribution in [0.15, 0.2) is 91.3 Å². The van der Waals surface area contributed by atoms with Crippen molar-refractivity contribution in [2.75, 3.05) is 20.2 Å². The third kappa shape index (κ3) is 5.60. The molecule has 2 N–H and O–H groups in total. The number of fused-ring (bicyclic) bond motifs is 1. The Balaban J connectivity index is 1.13. The van der Waals surface area contributed by atoms with Crippen LogP contribution < -0.4 is 0 Å². The lowest BCUT2D eigenvalue weighted by atomic mass is 9.73. The molecular formula is C35H32FN3O4. The topological polar surface area (TPSA) is 95.5 Å². The molecule has 0 bridgehead atoms. The van der Waals surface area contributed by atoms with Crippen molar-refractivity contribution in [1.29, 1.82) is 0 Å². The lowest BCUT2D eigenvalue weighted by Crippen LogP contribution is -2.48. The number of benzene rings is 3. The van der Waals surface area contributed by atoms with Crippen LogP contribution >= 0.6 is 0 Å². The Morgan fingerprint density at radius 3 is 2.47 bits per heavy atom. The van der Waals surface area contributed by atoms with Crippen LogP contribution in [0.3, 0.4) is 0 Å². The molecule has 8 heteroatoms. The predicted molar refractivity (Wildman–Crippen MR) is 163 cm³/mol. The second kappa shape index (κ2) is 11.7. The van der Waals surface area contributed by atoms with Crippen LogP contribution in [0.1, 0.15) is 24.0 Å². The van der Waals surface area contributed by atoms with Gasteiger partial charge in [-0.1, -0.05) is 54.6 Å². The number of aromatic hydroxyl groups is 1. The molecular weight excluding hydrogens is 545 g/mol. The number of carbonyl (C=O) groups excluding carboxylic acids is 2. The Bertz CT molecular complexity index is 1760. The maximum atomic E-state index is 14.4. The number of phenols is 1. The fourth-order valence-corrected chi connectivity index (χ4v) is 6.06. The highest BCUT2D eigenvalue weighted by molar-refractivity contribution is 5.89. The van der Waals surface area contributed by atoms with Gasteiger partial charge in [0, 0.05) is 35.8 Å². The molecule has 2 aromatic heterocycles. The zero-order valence-electron chi connectivity index (χ0n) is 23.8. The number of pyridine rings is 1. The molecule has 1 aliphatic rings. The molecule has 218 valence electrons. The molecule has 0 unspecified atom stereocenters. The molecule has 0 spiro atoms. The molecule has 7 nitrogen and oxygen atoms in total. The van der Waals surface area contributed by atoms with Crippen molar-refractivity contribution in [3.05, 3.63) is 108 Å². The van der Waals surface area contributed by atoms with Gasteiger partial charge in [0.15, 0.2) is 0 Å². The van der Waals surface area contributed by atoms with Crippen molar-refractivity contribution < 1.29 is 23.8 Å². The minimum absolute atomic E-state index is 0.0322. The molecule has 0 aliphatic carbocycles. The van der Waals surface area contributed by atoms with E-state index in [9.17, 15) is 19.1 Å². The van der Waals surface area contributed by atoms with Crippen LogP contribution in [0.4, 0.5) is 4.39 Å². The third-order valence-corrected chi connectivity index (χ3v) is 8.55. The molecule has 5 aromatic rings. The molecule has 43 heavy (non-hydrogen) atoms. The van der Waals surface area contributed by atoms with E-state index in [1.54, 1.807) is 35.5 Å². The first-order valence-electron chi connectivity index (χ1n) is 14.3. The molecule has 0 saturated carbocycles. The van der Waals surface area contributed by atoms with Gasteiger partial charge in [0.25, 0.3) is 0 Å². The quantitative estimate of drug-likeness (QED) is 0.221. The van der Waals surface area contributed by atoms with Gasteiger partial charge in [-0.25, -0.2) is 4.39 Å². The Hall–Kier alpha value is -4.98. The van der Waals surface area contributed by atoms with Gasteiger partial charge < -0.3 is 19.7 Å². The van der Waals surface area contributed by atoms with Crippen LogP contribution in [-0.2, 0) is 27.2 Å². The van der Waals surface area contributed by atoms with Gasteiger partial charge in [0.2, 0.25) is 5.91 Å². The number of aromatic nitrogens is 2. The van der Waals surface area contributed by atoms with Gasteiger partial charge in [-0.15, -0.1) is 0 Å². The summed E-state index contributed by atoms with van der Waals surface area (Å²) in [6, 6.07) is 23.6. The van der Waals surface area contributed by atoms with Gasteiger partial charge in [-0.3, -0.25) is 14.6 Å². The number of hydrogen-bond donors (Lipinski definition) is 2. The first-order valence-corrected chi connectivity index (χ1v) is 14.3. The molecule has 1 aliphatic heterocycles. The molecule has 6 rings (SSSR count). The second-order valence-corrected chi connectivity index (χ2v) is 11.1. The number of piperidine rings is 1. The number of nitrogens with one attached hydrogen (secondary N) is 1. The van der Waals surface area contributed by atoms with E-state index in [1.165, 1.54) is 13.2 Å². The first-order chi connectivity index (χ1) is 20.9. The first kappa shape index (κ1) is 28.2. The minimum Gasteiger partial charge on any atom is -0.507 e. The van der Waals surface area contributed by atoms with Gasteiger partial charge in [-0.05, 0) is 60.2 Å². The summed E-state index contributed by atoms with van der Waals surface area (Å²) in [7, 11) is 1.35.